The normalized spacial score (nSPS) is 18.6. The number of Topliss-reactive ketones (excluding diaryl/α,β-unsaturated/α-hetero) is 1. The molecule has 0 saturated carbocycles. The fraction of sp³-hybridized carbons (Fsp3) is 0.143. The molecule has 1 aromatic heterocycles. The van der Waals surface area contributed by atoms with E-state index in [1.54, 1.807) is 43.4 Å². The van der Waals surface area contributed by atoms with E-state index >= 15 is 0 Å². The minimum absolute atomic E-state index is 0.291. The van der Waals surface area contributed by atoms with Crippen molar-refractivity contribution >= 4 is 33.3 Å². The first-order valence-electron chi connectivity index (χ1n) is 8.47. The van der Waals surface area contributed by atoms with Crippen molar-refractivity contribution in [3.8, 4) is 5.69 Å². The van der Waals surface area contributed by atoms with Gasteiger partial charge in [0.25, 0.3) is 5.91 Å². The van der Waals surface area contributed by atoms with E-state index in [2.05, 4.69) is 15.9 Å². The molecule has 2 heterocycles. The summed E-state index contributed by atoms with van der Waals surface area (Å²) in [5.74, 6) is -0.786. The third-order valence-electron chi connectivity index (χ3n) is 4.91. The van der Waals surface area contributed by atoms with Crippen LogP contribution in [0.15, 0.2) is 71.5 Å². The minimum Gasteiger partial charge on any atom is -0.375 e. The molecule has 0 radical (unpaired) electrons. The van der Waals surface area contributed by atoms with Gasteiger partial charge in [-0.25, -0.2) is 0 Å². The molecule has 1 aliphatic heterocycles. The van der Waals surface area contributed by atoms with Crippen molar-refractivity contribution < 1.29 is 14.7 Å². The van der Waals surface area contributed by atoms with Gasteiger partial charge >= 0.3 is 0 Å². The minimum atomic E-state index is -1.87. The number of anilines is 1. The maximum Gasteiger partial charge on any atom is 0.263 e. The SMILES string of the molecule is CN1C(=O)[C@](O)(CC(=O)c2cccc(-n3cccc3)c2)c2cc(Br)ccc21. The second kappa shape index (κ2) is 6.48. The highest BCUT2D eigenvalue weighted by molar-refractivity contribution is 9.10. The van der Waals surface area contributed by atoms with E-state index in [1.807, 2.05) is 35.2 Å². The summed E-state index contributed by atoms with van der Waals surface area (Å²) >= 11 is 3.37. The van der Waals surface area contributed by atoms with E-state index in [9.17, 15) is 14.7 Å². The molecule has 1 aliphatic rings. The zero-order valence-corrected chi connectivity index (χ0v) is 16.2. The van der Waals surface area contributed by atoms with E-state index in [0.717, 1.165) is 10.2 Å². The first-order chi connectivity index (χ1) is 12.9. The van der Waals surface area contributed by atoms with Gasteiger partial charge in [0.2, 0.25) is 0 Å². The quantitative estimate of drug-likeness (QED) is 0.649. The summed E-state index contributed by atoms with van der Waals surface area (Å²) in [6.07, 6.45) is 3.47. The van der Waals surface area contributed by atoms with Crippen LogP contribution in [0.4, 0.5) is 5.69 Å². The Hall–Kier alpha value is -2.70. The summed E-state index contributed by atoms with van der Waals surface area (Å²) in [7, 11) is 1.60. The summed E-state index contributed by atoms with van der Waals surface area (Å²) < 4.78 is 2.64. The van der Waals surface area contributed by atoms with Crippen LogP contribution >= 0.6 is 15.9 Å². The van der Waals surface area contributed by atoms with Crippen molar-refractivity contribution in [1.29, 1.82) is 0 Å². The van der Waals surface area contributed by atoms with Crippen LogP contribution in [0, 0.1) is 0 Å². The summed E-state index contributed by atoms with van der Waals surface area (Å²) in [4.78, 5) is 27.0. The predicted molar refractivity (Wildman–Crippen MR) is 106 cm³/mol. The molecule has 27 heavy (non-hydrogen) atoms. The average molecular weight is 425 g/mol. The Morgan fingerprint density at radius 3 is 2.59 bits per heavy atom. The number of halogens is 1. The highest BCUT2D eigenvalue weighted by Gasteiger charge is 2.49. The first kappa shape index (κ1) is 17.7. The second-order valence-corrected chi connectivity index (χ2v) is 7.54. The number of likely N-dealkylation sites (N-methyl/N-ethyl adjacent to an activating group) is 1. The number of hydrogen-bond donors (Lipinski definition) is 1. The fourth-order valence-electron chi connectivity index (χ4n) is 3.49. The number of nitrogens with zero attached hydrogens (tertiary/aromatic N) is 2. The van der Waals surface area contributed by atoms with Crippen molar-refractivity contribution in [2.45, 2.75) is 12.0 Å². The highest BCUT2D eigenvalue weighted by atomic mass is 79.9. The van der Waals surface area contributed by atoms with Crippen molar-refractivity contribution in [2.24, 2.45) is 0 Å². The second-order valence-electron chi connectivity index (χ2n) is 6.63. The molecule has 2 aromatic carbocycles. The average Bonchev–Trinajstić information content (AvgIpc) is 3.26. The van der Waals surface area contributed by atoms with Gasteiger partial charge in [-0.2, -0.15) is 0 Å². The topological polar surface area (TPSA) is 62.5 Å². The van der Waals surface area contributed by atoms with Crippen LogP contribution in [-0.4, -0.2) is 28.4 Å². The lowest BCUT2D eigenvalue weighted by atomic mass is 9.88. The van der Waals surface area contributed by atoms with Gasteiger partial charge in [-0.3, -0.25) is 9.59 Å². The van der Waals surface area contributed by atoms with Gasteiger partial charge in [-0.15, -0.1) is 0 Å². The molecule has 5 nitrogen and oxygen atoms in total. The Morgan fingerprint density at radius 2 is 1.85 bits per heavy atom. The van der Waals surface area contributed by atoms with Crippen LogP contribution in [0.5, 0.6) is 0 Å². The van der Waals surface area contributed by atoms with E-state index in [4.69, 9.17) is 0 Å². The number of carbonyl (C=O) groups excluding carboxylic acids is 2. The van der Waals surface area contributed by atoms with Crippen LogP contribution in [0.3, 0.4) is 0 Å². The van der Waals surface area contributed by atoms with Crippen LogP contribution in [-0.2, 0) is 10.4 Å². The summed E-state index contributed by atoms with van der Waals surface area (Å²) in [5.41, 5.74) is 0.484. The van der Waals surface area contributed by atoms with Crippen LogP contribution in [0.25, 0.3) is 5.69 Å². The molecule has 1 atom stereocenters. The molecule has 6 heteroatoms. The molecule has 0 fully saturated rings. The molecule has 0 aliphatic carbocycles. The molecule has 4 rings (SSSR count). The number of benzene rings is 2. The number of fused-ring (bicyclic) bond motifs is 1. The summed E-state index contributed by atoms with van der Waals surface area (Å²) in [6.45, 7) is 0. The molecular weight excluding hydrogens is 408 g/mol. The number of ketones is 1. The molecule has 1 N–H and O–H groups in total. The zero-order valence-electron chi connectivity index (χ0n) is 14.6. The summed E-state index contributed by atoms with van der Waals surface area (Å²) in [6, 6.07) is 16.2. The third-order valence-corrected chi connectivity index (χ3v) is 5.40. The number of aliphatic hydroxyl groups is 1. The van der Waals surface area contributed by atoms with Crippen molar-refractivity contribution in [2.75, 3.05) is 11.9 Å². The Balaban J connectivity index is 1.68. The lowest BCUT2D eigenvalue weighted by Crippen LogP contribution is -2.40. The molecule has 1 amide bonds. The number of aromatic nitrogens is 1. The third kappa shape index (κ3) is 2.91. The Kier molecular flexibility index (Phi) is 4.25. The molecular formula is C21H17BrN2O3. The van der Waals surface area contributed by atoms with Gasteiger partial charge in [0, 0.05) is 40.7 Å². The van der Waals surface area contributed by atoms with Gasteiger partial charge in [-0.1, -0.05) is 28.1 Å². The molecule has 0 unspecified atom stereocenters. The molecule has 0 bridgehead atoms. The number of amides is 1. The van der Waals surface area contributed by atoms with Crippen molar-refractivity contribution in [1.82, 2.24) is 4.57 Å². The lowest BCUT2D eigenvalue weighted by molar-refractivity contribution is -0.135. The van der Waals surface area contributed by atoms with Crippen LogP contribution in [0.2, 0.25) is 0 Å². The zero-order chi connectivity index (χ0) is 19.2. The monoisotopic (exact) mass is 424 g/mol. The number of hydrogen-bond acceptors (Lipinski definition) is 3. The van der Waals surface area contributed by atoms with Gasteiger partial charge in [0.15, 0.2) is 11.4 Å². The molecule has 0 spiro atoms. The smallest absolute Gasteiger partial charge is 0.263 e. The lowest BCUT2D eigenvalue weighted by Gasteiger charge is -2.21. The van der Waals surface area contributed by atoms with Gasteiger partial charge in [0.1, 0.15) is 0 Å². The first-order valence-corrected chi connectivity index (χ1v) is 9.26. The maximum atomic E-state index is 12.9. The Bertz CT molecular complexity index is 1050. The standard InChI is InChI=1S/C21H17BrN2O3/c1-23-18-8-7-15(22)12-17(18)21(27,20(23)26)13-19(25)14-5-4-6-16(11-14)24-9-2-3-10-24/h2-12,27H,13H2,1H3/t21-/m0/s1. The van der Waals surface area contributed by atoms with Crippen LogP contribution < -0.4 is 4.90 Å². The van der Waals surface area contributed by atoms with E-state index in [-0.39, 0.29) is 12.2 Å². The van der Waals surface area contributed by atoms with Crippen molar-refractivity contribution in [3.05, 3.63) is 82.6 Å². The Labute approximate surface area is 165 Å². The summed E-state index contributed by atoms with van der Waals surface area (Å²) in [5, 5.41) is 11.2. The highest BCUT2D eigenvalue weighted by Crippen LogP contribution is 2.43. The van der Waals surface area contributed by atoms with Gasteiger partial charge in [0.05, 0.1) is 12.1 Å². The number of carbonyl (C=O) groups is 2. The van der Waals surface area contributed by atoms with Crippen molar-refractivity contribution in [3.63, 3.8) is 0 Å². The largest absolute Gasteiger partial charge is 0.375 e. The van der Waals surface area contributed by atoms with E-state index in [0.29, 0.717) is 16.8 Å². The number of rotatable bonds is 4. The molecule has 0 saturated heterocycles. The van der Waals surface area contributed by atoms with Gasteiger partial charge < -0.3 is 14.6 Å². The predicted octanol–water partition coefficient (Wildman–Crippen LogP) is 3.68. The van der Waals surface area contributed by atoms with E-state index < -0.39 is 11.5 Å². The fourth-order valence-corrected chi connectivity index (χ4v) is 3.85. The Morgan fingerprint density at radius 1 is 1.11 bits per heavy atom. The van der Waals surface area contributed by atoms with E-state index in [1.165, 1.54) is 4.90 Å². The van der Waals surface area contributed by atoms with Gasteiger partial charge in [-0.05, 0) is 42.5 Å². The molecule has 3 aromatic rings. The van der Waals surface area contributed by atoms with Crippen LogP contribution in [0.1, 0.15) is 22.3 Å². The molecule has 136 valence electrons. The maximum absolute atomic E-state index is 12.9.